The standard InChI is InChI=1S/C8H12N2O2S/c1-3-6-12-8(11)10-5-4-9-7(10)13-2/h3H,1,4-6H2,2H3. The maximum Gasteiger partial charge on any atom is 0.416 e. The average Bonchev–Trinajstić information content (AvgIpc) is 2.61. The van der Waals surface area contributed by atoms with E-state index in [9.17, 15) is 4.79 Å². The van der Waals surface area contributed by atoms with Gasteiger partial charge in [0.15, 0.2) is 5.17 Å². The lowest BCUT2D eigenvalue weighted by atomic mass is 10.6. The number of amidine groups is 1. The first-order chi connectivity index (χ1) is 6.29. The molecule has 0 spiro atoms. The molecule has 1 amide bonds. The van der Waals surface area contributed by atoms with Crippen LogP contribution in [0.2, 0.25) is 0 Å². The van der Waals surface area contributed by atoms with Gasteiger partial charge in [0.1, 0.15) is 6.61 Å². The molecule has 0 aromatic carbocycles. The van der Waals surface area contributed by atoms with E-state index in [1.54, 1.807) is 6.08 Å². The lowest BCUT2D eigenvalue weighted by Gasteiger charge is -2.15. The van der Waals surface area contributed by atoms with Gasteiger partial charge in [-0.15, -0.1) is 0 Å². The number of hydrogen-bond acceptors (Lipinski definition) is 4. The van der Waals surface area contributed by atoms with Crippen LogP contribution >= 0.6 is 11.8 Å². The maximum absolute atomic E-state index is 11.3. The molecule has 72 valence electrons. The zero-order valence-electron chi connectivity index (χ0n) is 7.52. The summed E-state index contributed by atoms with van der Waals surface area (Å²) in [4.78, 5) is 17.0. The molecule has 1 aliphatic rings. The van der Waals surface area contributed by atoms with Crippen molar-refractivity contribution in [2.45, 2.75) is 0 Å². The van der Waals surface area contributed by atoms with Crippen LogP contribution in [0.15, 0.2) is 17.6 Å². The second kappa shape index (κ2) is 4.91. The van der Waals surface area contributed by atoms with E-state index in [4.69, 9.17) is 4.74 Å². The van der Waals surface area contributed by atoms with Crippen LogP contribution in [0.3, 0.4) is 0 Å². The number of thioether (sulfide) groups is 1. The van der Waals surface area contributed by atoms with Gasteiger partial charge < -0.3 is 4.74 Å². The van der Waals surface area contributed by atoms with Gasteiger partial charge in [0.2, 0.25) is 0 Å². The minimum atomic E-state index is -0.342. The Balaban J connectivity index is 2.47. The minimum Gasteiger partial charge on any atom is -0.445 e. The molecule has 1 rings (SSSR count). The van der Waals surface area contributed by atoms with Crippen LogP contribution < -0.4 is 0 Å². The van der Waals surface area contributed by atoms with Crippen molar-refractivity contribution in [1.82, 2.24) is 4.90 Å². The number of ether oxygens (including phenoxy) is 1. The molecule has 0 fully saturated rings. The van der Waals surface area contributed by atoms with E-state index in [0.29, 0.717) is 13.1 Å². The molecule has 0 bridgehead atoms. The number of aliphatic imine (C=N–C) groups is 1. The molecule has 0 saturated carbocycles. The summed E-state index contributed by atoms with van der Waals surface area (Å²) in [6.45, 7) is 5.00. The number of carbonyl (C=O) groups is 1. The summed E-state index contributed by atoms with van der Waals surface area (Å²) in [7, 11) is 0. The van der Waals surface area contributed by atoms with E-state index in [0.717, 1.165) is 5.17 Å². The highest BCUT2D eigenvalue weighted by Crippen LogP contribution is 2.12. The topological polar surface area (TPSA) is 41.9 Å². The molecule has 0 atom stereocenters. The van der Waals surface area contributed by atoms with E-state index < -0.39 is 0 Å². The summed E-state index contributed by atoms with van der Waals surface area (Å²) in [6, 6.07) is 0. The number of nitrogens with zero attached hydrogens (tertiary/aromatic N) is 2. The van der Waals surface area contributed by atoms with Gasteiger partial charge in [-0.1, -0.05) is 24.4 Å². The Labute approximate surface area is 81.7 Å². The minimum absolute atomic E-state index is 0.247. The van der Waals surface area contributed by atoms with Crippen LogP contribution in [0.25, 0.3) is 0 Å². The van der Waals surface area contributed by atoms with Crippen LogP contribution in [-0.2, 0) is 4.74 Å². The Bertz CT molecular complexity index is 240. The van der Waals surface area contributed by atoms with Gasteiger partial charge in [0, 0.05) is 0 Å². The van der Waals surface area contributed by atoms with Crippen LogP contribution in [0.4, 0.5) is 4.79 Å². The third kappa shape index (κ3) is 2.48. The Morgan fingerprint density at radius 3 is 3.31 bits per heavy atom. The Kier molecular flexibility index (Phi) is 3.82. The number of hydrogen-bond donors (Lipinski definition) is 0. The zero-order valence-corrected chi connectivity index (χ0v) is 8.34. The molecule has 0 aromatic heterocycles. The lowest BCUT2D eigenvalue weighted by Crippen LogP contribution is -2.33. The van der Waals surface area contributed by atoms with Gasteiger partial charge in [-0.2, -0.15) is 0 Å². The van der Waals surface area contributed by atoms with Crippen molar-refractivity contribution in [2.24, 2.45) is 4.99 Å². The molecule has 5 heteroatoms. The predicted molar refractivity (Wildman–Crippen MR) is 54.1 cm³/mol. The van der Waals surface area contributed by atoms with Crippen molar-refractivity contribution in [3.63, 3.8) is 0 Å². The Hall–Kier alpha value is -0.970. The van der Waals surface area contributed by atoms with E-state index in [-0.39, 0.29) is 12.7 Å². The van der Waals surface area contributed by atoms with E-state index in [2.05, 4.69) is 11.6 Å². The maximum atomic E-state index is 11.3. The molecule has 0 aromatic rings. The smallest absolute Gasteiger partial charge is 0.416 e. The molecule has 0 unspecified atom stereocenters. The van der Waals surface area contributed by atoms with Crippen LogP contribution in [0.1, 0.15) is 0 Å². The van der Waals surface area contributed by atoms with Crippen molar-refractivity contribution in [2.75, 3.05) is 26.0 Å². The average molecular weight is 200 g/mol. The third-order valence-electron chi connectivity index (χ3n) is 1.53. The number of rotatable bonds is 2. The summed E-state index contributed by atoms with van der Waals surface area (Å²) in [5.74, 6) is 0. The highest BCUT2D eigenvalue weighted by molar-refractivity contribution is 8.13. The van der Waals surface area contributed by atoms with E-state index in [1.165, 1.54) is 16.7 Å². The van der Waals surface area contributed by atoms with Crippen molar-refractivity contribution in [3.05, 3.63) is 12.7 Å². The van der Waals surface area contributed by atoms with E-state index in [1.807, 2.05) is 6.26 Å². The fraction of sp³-hybridized carbons (Fsp3) is 0.500. The zero-order chi connectivity index (χ0) is 9.68. The van der Waals surface area contributed by atoms with E-state index >= 15 is 0 Å². The van der Waals surface area contributed by atoms with Crippen molar-refractivity contribution in [3.8, 4) is 0 Å². The summed E-state index contributed by atoms with van der Waals surface area (Å²) >= 11 is 1.45. The molecule has 13 heavy (non-hydrogen) atoms. The molecule has 0 saturated heterocycles. The van der Waals surface area contributed by atoms with Crippen LogP contribution in [0.5, 0.6) is 0 Å². The molecule has 0 radical (unpaired) electrons. The molecule has 1 heterocycles. The molecule has 0 aliphatic carbocycles. The monoisotopic (exact) mass is 200 g/mol. The fourth-order valence-corrected chi connectivity index (χ4v) is 1.59. The first-order valence-corrected chi connectivity index (χ1v) is 5.15. The molecular formula is C8H12N2O2S. The van der Waals surface area contributed by atoms with Gasteiger partial charge in [-0.3, -0.25) is 9.89 Å². The van der Waals surface area contributed by atoms with Gasteiger partial charge in [0.25, 0.3) is 0 Å². The first-order valence-electron chi connectivity index (χ1n) is 3.93. The quantitative estimate of drug-likeness (QED) is 0.632. The first kappa shape index (κ1) is 10.1. The molecule has 1 aliphatic heterocycles. The third-order valence-corrected chi connectivity index (χ3v) is 2.24. The summed E-state index contributed by atoms with van der Waals surface area (Å²) < 4.78 is 4.88. The molecule has 4 nitrogen and oxygen atoms in total. The van der Waals surface area contributed by atoms with Gasteiger partial charge in [-0.25, -0.2) is 4.79 Å². The number of carbonyl (C=O) groups excluding carboxylic acids is 1. The molecular weight excluding hydrogens is 188 g/mol. The fourth-order valence-electron chi connectivity index (χ4n) is 0.979. The van der Waals surface area contributed by atoms with Gasteiger partial charge in [-0.05, 0) is 6.26 Å². The SMILES string of the molecule is C=CCOC(=O)N1CCN=C1SC. The van der Waals surface area contributed by atoms with Gasteiger partial charge in [0.05, 0.1) is 13.1 Å². The summed E-state index contributed by atoms with van der Waals surface area (Å²) in [5.41, 5.74) is 0. The normalized spacial score (nSPS) is 15.5. The van der Waals surface area contributed by atoms with Crippen molar-refractivity contribution in [1.29, 1.82) is 0 Å². The van der Waals surface area contributed by atoms with Crippen molar-refractivity contribution < 1.29 is 9.53 Å². The summed E-state index contributed by atoms with van der Waals surface area (Å²) in [5, 5.41) is 0.731. The van der Waals surface area contributed by atoms with Crippen LogP contribution in [-0.4, -0.2) is 42.1 Å². The highest BCUT2D eigenvalue weighted by atomic mass is 32.2. The Morgan fingerprint density at radius 2 is 2.69 bits per heavy atom. The second-order valence-corrected chi connectivity index (χ2v) is 3.16. The highest BCUT2D eigenvalue weighted by Gasteiger charge is 2.23. The van der Waals surface area contributed by atoms with Crippen molar-refractivity contribution >= 4 is 23.0 Å². The molecule has 0 N–H and O–H groups in total. The summed E-state index contributed by atoms with van der Waals surface area (Å²) in [6.07, 6.45) is 3.09. The second-order valence-electron chi connectivity index (χ2n) is 2.39. The van der Waals surface area contributed by atoms with Gasteiger partial charge >= 0.3 is 6.09 Å². The largest absolute Gasteiger partial charge is 0.445 e. The van der Waals surface area contributed by atoms with Crippen LogP contribution in [0, 0.1) is 0 Å². The predicted octanol–water partition coefficient (Wildman–Crippen LogP) is 1.34. The lowest BCUT2D eigenvalue weighted by molar-refractivity contribution is 0.137. The number of amides is 1. The Morgan fingerprint density at radius 1 is 1.92 bits per heavy atom.